The van der Waals surface area contributed by atoms with Gasteiger partial charge in [-0.05, 0) is 60.6 Å². The molecule has 4 aromatic rings. The lowest BCUT2D eigenvalue weighted by Gasteiger charge is -2.12. The van der Waals surface area contributed by atoms with Gasteiger partial charge in [-0.1, -0.05) is 48.5 Å². The van der Waals surface area contributed by atoms with E-state index in [1.54, 1.807) is 0 Å². The van der Waals surface area contributed by atoms with E-state index in [2.05, 4.69) is 45.5 Å². The van der Waals surface area contributed by atoms with Crippen LogP contribution in [0, 0.1) is 0 Å². The van der Waals surface area contributed by atoms with E-state index in [-0.39, 0.29) is 5.97 Å². The highest BCUT2D eigenvalue weighted by atomic mass is 32.1. The summed E-state index contributed by atoms with van der Waals surface area (Å²) in [6, 6.07) is 25.9. The van der Waals surface area contributed by atoms with Crippen LogP contribution in [0.5, 0.6) is 0 Å². The Hall–Kier alpha value is -3.64. The van der Waals surface area contributed by atoms with Crippen LogP contribution in [0.3, 0.4) is 0 Å². The van der Waals surface area contributed by atoms with E-state index in [4.69, 9.17) is 17.0 Å². The summed E-state index contributed by atoms with van der Waals surface area (Å²) in [4.78, 5) is 12.3. The molecule has 0 saturated heterocycles. The third-order valence-corrected chi connectivity index (χ3v) is 5.42. The van der Waals surface area contributed by atoms with Gasteiger partial charge in [-0.15, -0.1) is 0 Å². The van der Waals surface area contributed by atoms with E-state index < -0.39 is 0 Å². The number of nitrogens with zero attached hydrogens (tertiary/aromatic N) is 1. The van der Waals surface area contributed by atoms with Gasteiger partial charge in [0.05, 0.1) is 12.2 Å². The molecule has 0 aliphatic rings. The number of benzene rings is 3. The number of anilines is 1. The van der Waals surface area contributed by atoms with Gasteiger partial charge in [0.1, 0.15) is 0 Å². The van der Waals surface area contributed by atoms with Gasteiger partial charge in [-0.3, -0.25) is 0 Å². The zero-order valence-corrected chi connectivity index (χ0v) is 18.7. The number of fused-ring (bicyclic) bond motifs is 1. The third kappa shape index (κ3) is 5.15. The second-order valence-corrected chi connectivity index (χ2v) is 7.80. The standard InChI is InChI=1S/C26H25N3O2S/c1-2-31-25(30)23-11-7-6-10-21(23)18-29-15-14-20-16-22(12-13-24(20)29)28-26(32)27-17-19-8-4-3-5-9-19/h3-16H,2,17-18H2,1H3,(H2,27,28,32). The minimum atomic E-state index is -0.289. The van der Waals surface area contributed by atoms with E-state index in [1.165, 1.54) is 5.56 Å². The molecule has 0 bridgehead atoms. The quantitative estimate of drug-likeness (QED) is 0.298. The minimum Gasteiger partial charge on any atom is -0.462 e. The number of hydrogen-bond donors (Lipinski definition) is 2. The molecule has 0 aliphatic carbocycles. The number of ether oxygens (including phenoxy) is 1. The summed E-state index contributed by atoms with van der Waals surface area (Å²) in [5.41, 5.74) is 4.71. The van der Waals surface area contributed by atoms with Crippen molar-refractivity contribution >= 4 is 39.9 Å². The fourth-order valence-corrected chi connectivity index (χ4v) is 3.81. The Morgan fingerprint density at radius 2 is 1.78 bits per heavy atom. The van der Waals surface area contributed by atoms with E-state index in [9.17, 15) is 4.79 Å². The van der Waals surface area contributed by atoms with E-state index >= 15 is 0 Å². The SMILES string of the molecule is CCOC(=O)c1ccccc1Cn1ccc2cc(NC(=S)NCc3ccccc3)ccc21. The molecule has 1 aromatic heterocycles. The number of carbonyl (C=O) groups is 1. The molecule has 4 rings (SSSR count). The molecule has 0 spiro atoms. The Balaban J connectivity index is 1.45. The van der Waals surface area contributed by atoms with Crippen LogP contribution in [0.15, 0.2) is 85.1 Å². The molecule has 32 heavy (non-hydrogen) atoms. The summed E-state index contributed by atoms with van der Waals surface area (Å²) >= 11 is 5.44. The van der Waals surface area contributed by atoms with Gasteiger partial charge in [0.25, 0.3) is 0 Å². The monoisotopic (exact) mass is 443 g/mol. The highest BCUT2D eigenvalue weighted by molar-refractivity contribution is 7.80. The Bertz CT molecular complexity index is 1230. The molecule has 0 saturated carbocycles. The van der Waals surface area contributed by atoms with Crippen molar-refractivity contribution in [3.05, 3.63) is 102 Å². The number of rotatable bonds is 7. The van der Waals surface area contributed by atoms with Gasteiger partial charge in [0.15, 0.2) is 5.11 Å². The minimum absolute atomic E-state index is 0.289. The average molecular weight is 444 g/mol. The van der Waals surface area contributed by atoms with E-state index in [1.807, 2.05) is 61.7 Å². The fraction of sp³-hybridized carbons (Fsp3) is 0.154. The Labute approximate surface area is 193 Å². The predicted octanol–water partition coefficient (Wildman–Crippen LogP) is 5.35. The smallest absolute Gasteiger partial charge is 0.338 e. The van der Waals surface area contributed by atoms with Gasteiger partial charge >= 0.3 is 5.97 Å². The molecule has 2 N–H and O–H groups in total. The summed E-state index contributed by atoms with van der Waals surface area (Å²) in [5, 5.41) is 8.15. The molecule has 5 nitrogen and oxygen atoms in total. The maximum Gasteiger partial charge on any atom is 0.338 e. The van der Waals surface area contributed by atoms with Crippen LogP contribution in [0.4, 0.5) is 5.69 Å². The first-order valence-corrected chi connectivity index (χ1v) is 11.0. The molecule has 162 valence electrons. The first-order valence-electron chi connectivity index (χ1n) is 10.6. The van der Waals surface area contributed by atoms with E-state index in [0.29, 0.717) is 30.4 Å². The molecular weight excluding hydrogens is 418 g/mol. The van der Waals surface area contributed by atoms with Gasteiger partial charge in [0.2, 0.25) is 0 Å². The normalized spacial score (nSPS) is 10.7. The van der Waals surface area contributed by atoms with E-state index in [0.717, 1.165) is 22.2 Å². The number of esters is 1. The summed E-state index contributed by atoms with van der Waals surface area (Å²) in [7, 11) is 0. The van der Waals surface area contributed by atoms with Crippen molar-refractivity contribution in [1.29, 1.82) is 0 Å². The fourth-order valence-electron chi connectivity index (χ4n) is 3.62. The van der Waals surface area contributed by atoms with Crippen molar-refractivity contribution in [2.45, 2.75) is 20.0 Å². The molecule has 3 aromatic carbocycles. The Morgan fingerprint density at radius 3 is 2.59 bits per heavy atom. The maximum atomic E-state index is 12.3. The molecule has 0 amide bonds. The molecule has 6 heteroatoms. The van der Waals surface area contributed by atoms with Crippen LogP contribution in [-0.4, -0.2) is 22.3 Å². The van der Waals surface area contributed by atoms with Gasteiger partial charge in [-0.2, -0.15) is 0 Å². The van der Waals surface area contributed by atoms with Crippen LogP contribution in [-0.2, 0) is 17.8 Å². The molecule has 0 aliphatic heterocycles. The predicted molar refractivity (Wildman–Crippen MR) is 133 cm³/mol. The topological polar surface area (TPSA) is 55.3 Å². The summed E-state index contributed by atoms with van der Waals surface area (Å²) in [6.45, 7) is 3.43. The van der Waals surface area contributed by atoms with Gasteiger partial charge < -0.3 is 19.9 Å². The zero-order chi connectivity index (χ0) is 22.3. The van der Waals surface area contributed by atoms with Crippen molar-refractivity contribution in [1.82, 2.24) is 9.88 Å². The highest BCUT2D eigenvalue weighted by Crippen LogP contribution is 2.23. The van der Waals surface area contributed by atoms with Crippen molar-refractivity contribution < 1.29 is 9.53 Å². The van der Waals surface area contributed by atoms with Crippen molar-refractivity contribution in [3.8, 4) is 0 Å². The zero-order valence-electron chi connectivity index (χ0n) is 17.9. The average Bonchev–Trinajstić information content (AvgIpc) is 3.21. The van der Waals surface area contributed by atoms with Gasteiger partial charge in [-0.25, -0.2) is 4.79 Å². The largest absolute Gasteiger partial charge is 0.462 e. The number of hydrogen-bond acceptors (Lipinski definition) is 3. The third-order valence-electron chi connectivity index (χ3n) is 5.18. The Kier molecular flexibility index (Phi) is 6.82. The van der Waals surface area contributed by atoms with Crippen LogP contribution in [0.25, 0.3) is 10.9 Å². The van der Waals surface area contributed by atoms with Crippen LogP contribution < -0.4 is 10.6 Å². The molecular formula is C26H25N3O2S. The second kappa shape index (κ2) is 10.1. The number of aromatic nitrogens is 1. The van der Waals surface area contributed by atoms with Crippen molar-refractivity contribution in [2.24, 2.45) is 0 Å². The Morgan fingerprint density at radius 1 is 1.00 bits per heavy atom. The molecule has 0 unspecified atom stereocenters. The molecule has 0 radical (unpaired) electrons. The van der Waals surface area contributed by atoms with Crippen molar-refractivity contribution in [3.63, 3.8) is 0 Å². The summed E-state index contributed by atoms with van der Waals surface area (Å²) in [6.07, 6.45) is 2.03. The first kappa shape index (κ1) is 21.6. The number of thiocarbonyl (C=S) groups is 1. The van der Waals surface area contributed by atoms with Crippen LogP contribution in [0.1, 0.15) is 28.4 Å². The van der Waals surface area contributed by atoms with Crippen LogP contribution in [0.2, 0.25) is 0 Å². The second-order valence-electron chi connectivity index (χ2n) is 7.39. The summed E-state index contributed by atoms with van der Waals surface area (Å²) in [5.74, 6) is -0.289. The lowest BCUT2D eigenvalue weighted by atomic mass is 10.1. The summed E-state index contributed by atoms with van der Waals surface area (Å²) < 4.78 is 7.33. The molecule has 0 fully saturated rings. The van der Waals surface area contributed by atoms with Crippen molar-refractivity contribution in [2.75, 3.05) is 11.9 Å². The highest BCUT2D eigenvalue weighted by Gasteiger charge is 2.13. The molecule has 1 heterocycles. The van der Waals surface area contributed by atoms with Crippen LogP contribution >= 0.6 is 12.2 Å². The molecule has 0 atom stereocenters. The lowest BCUT2D eigenvalue weighted by Crippen LogP contribution is -2.27. The first-order chi connectivity index (χ1) is 15.6. The number of carbonyl (C=O) groups excluding carboxylic acids is 1. The lowest BCUT2D eigenvalue weighted by molar-refractivity contribution is 0.0525. The maximum absolute atomic E-state index is 12.3. The number of nitrogens with one attached hydrogen (secondary N) is 2. The van der Waals surface area contributed by atoms with Gasteiger partial charge in [0, 0.05) is 35.9 Å².